The molecule has 1 atom stereocenters. The largest absolute Gasteiger partial charge is 0.368 e. The number of nitrogens with two attached hydrogens (primary N) is 1. The summed E-state index contributed by atoms with van der Waals surface area (Å²) in [5.41, 5.74) is 8.35. The molecule has 0 aliphatic carbocycles. The summed E-state index contributed by atoms with van der Waals surface area (Å²) >= 11 is 0. The van der Waals surface area contributed by atoms with E-state index >= 15 is 0 Å². The number of benzene rings is 1. The second-order valence-corrected chi connectivity index (χ2v) is 5.25. The summed E-state index contributed by atoms with van der Waals surface area (Å²) in [6.45, 7) is 5.06. The first-order valence-electron chi connectivity index (χ1n) is 6.63. The predicted molar refractivity (Wildman–Crippen MR) is 74.0 cm³/mol. The van der Waals surface area contributed by atoms with Crippen molar-refractivity contribution in [3.8, 4) is 0 Å². The van der Waals surface area contributed by atoms with Gasteiger partial charge in [0, 0.05) is 5.56 Å². The number of carbonyl (C=O) groups excluding carboxylic acids is 2. The van der Waals surface area contributed by atoms with Gasteiger partial charge in [0.1, 0.15) is 0 Å². The number of primary amides is 1. The van der Waals surface area contributed by atoms with Crippen LogP contribution in [0.4, 0.5) is 0 Å². The maximum absolute atomic E-state index is 12.2. The van der Waals surface area contributed by atoms with Crippen LogP contribution in [0.1, 0.15) is 34.3 Å². The van der Waals surface area contributed by atoms with Gasteiger partial charge in [-0.1, -0.05) is 12.1 Å². The van der Waals surface area contributed by atoms with Gasteiger partial charge in [-0.15, -0.1) is 0 Å². The molecule has 1 unspecified atom stereocenters. The molecule has 1 amide bonds. The minimum Gasteiger partial charge on any atom is -0.368 e. The molecule has 4 heteroatoms. The lowest BCUT2D eigenvalue weighted by atomic mass is 10.0. The van der Waals surface area contributed by atoms with Crippen molar-refractivity contribution in [2.75, 3.05) is 13.1 Å². The number of ketones is 1. The Balaban J connectivity index is 2.08. The smallest absolute Gasteiger partial charge is 0.234 e. The van der Waals surface area contributed by atoms with Crippen LogP contribution in [0.3, 0.4) is 0 Å². The molecule has 0 radical (unpaired) electrons. The predicted octanol–water partition coefficient (Wildman–Crippen LogP) is 1.44. The molecule has 0 aromatic heterocycles. The summed E-state index contributed by atoms with van der Waals surface area (Å²) < 4.78 is 0. The number of hydrogen-bond acceptors (Lipinski definition) is 3. The molecule has 1 aromatic carbocycles. The van der Waals surface area contributed by atoms with E-state index in [1.165, 1.54) is 5.56 Å². The summed E-state index contributed by atoms with van der Waals surface area (Å²) in [4.78, 5) is 25.4. The number of Topliss-reactive ketones (excluding diaryl/α,β-unsaturated/α-hetero) is 1. The summed E-state index contributed by atoms with van der Waals surface area (Å²) in [6, 6.07) is 5.43. The Kier molecular flexibility index (Phi) is 4.00. The highest BCUT2D eigenvalue weighted by atomic mass is 16.1. The van der Waals surface area contributed by atoms with Gasteiger partial charge in [-0.2, -0.15) is 0 Å². The SMILES string of the molecule is Cc1ccc(C(=O)CN2CCCC2C(N)=O)cc1C. The van der Waals surface area contributed by atoms with E-state index in [0.29, 0.717) is 5.56 Å². The zero-order valence-electron chi connectivity index (χ0n) is 11.5. The first kappa shape index (κ1) is 13.7. The van der Waals surface area contributed by atoms with E-state index in [1.807, 2.05) is 36.9 Å². The van der Waals surface area contributed by atoms with E-state index in [0.717, 1.165) is 24.9 Å². The van der Waals surface area contributed by atoms with Gasteiger partial charge in [0.25, 0.3) is 0 Å². The second kappa shape index (κ2) is 5.53. The lowest BCUT2D eigenvalue weighted by Gasteiger charge is -2.20. The van der Waals surface area contributed by atoms with Gasteiger partial charge < -0.3 is 5.73 Å². The molecule has 1 fully saturated rings. The van der Waals surface area contributed by atoms with E-state index in [-0.39, 0.29) is 24.3 Å². The Morgan fingerprint density at radius 1 is 1.32 bits per heavy atom. The molecule has 102 valence electrons. The Labute approximate surface area is 113 Å². The Morgan fingerprint density at radius 3 is 2.68 bits per heavy atom. The Morgan fingerprint density at radius 2 is 2.05 bits per heavy atom. The zero-order chi connectivity index (χ0) is 14.0. The fourth-order valence-corrected chi connectivity index (χ4v) is 2.53. The van der Waals surface area contributed by atoms with Gasteiger partial charge in [-0.25, -0.2) is 0 Å². The topological polar surface area (TPSA) is 63.4 Å². The Hall–Kier alpha value is -1.68. The van der Waals surface area contributed by atoms with E-state index in [4.69, 9.17) is 5.73 Å². The van der Waals surface area contributed by atoms with Gasteiger partial charge >= 0.3 is 0 Å². The molecule has 0 bridgehead atoms. The van der Waals surface area contributed by atoms with E-state index in [2.05, 4.69) is 0 Å². The first-order chi connectivity index (χ1) is 8.99. The molecule has 4 nitrogen and oxygen atoms in total. The van der Waals surface area contributed by atoms with Gasteiger partial charge in [-0.05, 0) is 50.4 Å². The van der Waals surface area contributed by atoms with Crippen LogP contribution < -0.4 is 5.73 Å². The van der Waals surface area contributed by atoms with Crippen molar-refractivity contribution in [2.24, 2.45) is 5.73 Å². The lowest BCUT2D eigenvalue weighted by molar-refractivity contribution is -0.122. The molecular formula is C15H20N2O2. The summed E-state index contributed by atoms with van der Waals surface area (Å²) in [6.07, 6.45) is 1.68. The number of rotatable bonds is 4. The van der Waals surface area contributed by atoms with Crippen molar-refractivity contribution in [1.29, 1.82) is 0 Å². The average molecular weight is 260 g/mol. The van der Waals surface area contributed by atoms with Gasteiger partial charge in [0.15, 0.2) is 5.78 Å². The fourth-order valence-electron chi connectivity index (χ4n) is 2.53. The van der Waals surface area contributed by atoms with Gasteiger partial charge in [0.2, 0.25) is 5.91 Å². The number of carbonyl (C=O) groups is 2. The summed E-state index contributed by atoms with van der Waals surface area (Å²) in [5, 5.41) is 0. The first-order valence-corrected chi connectivity index (χ1v) is 6.63. The minimum atomic E-state index is -0.328. The van der Waals surface area contributed by atoms with Crippen LogP contribution in [0.25, 0.3) is 0 Å². The maximum atomic E-state index is 12.2. The Bertz CT molecular complexity index is 511. The van der Waals surface area contributed by atoms with Crippen molar-refractivity contribution < 1.29 is 9.59 Å². The fraction of sp³-hybridized carbons (Fsp3) is 0.467. The van der Waals surface area contributed by atoms with E-state index in [9.17, 15) is 9.59 Å². The third kappa shape index (κ3) is 3.01. The van der Waals surface area contributed by atoms with Crippen molar-refractivity contribution in [3.05, 3.63) is 34.9 Å². The molecule has 1 aromatic rings. The van der Waals surface area contributed by atoms with Crippen molar-refractivity contribution >= 4 is 11.7 Å². The van der Waals surface area contributed by atoms with E-state index in [1.54, 1.807) is 0 Å². The standard InChI is InChI=1S/C15H20N2O2/c1-10-5-6-12(8-11(10)2)14(18)9-17-7-3-4-13(17)15(16)19/h5-6,8,13H,3-4,7,9H2,1-2H3,(H2,16,19). The van der Waals surface area contributed by atoms with Gasteiger partial charge in [-0.3, -0.25) is 14.5 Å². The van der Waals surface area contributed by atoms with Crippen LogP contribution in [0.5, 0.6) is 0 Å². The number of hydrogen-bond donors (Lipinski definition) is 1. The van der Waals surface area contributed by atoms with Crippen LogP contribution >= 0.6 is 0 Å². The zero-order valence-corrected chi connectivity index (χ0v) is 11.5. The van der Waals surface area contributed by atoms with Crippen LogP contribution in [0.2, 0.25) is 0 Å². The maximum Gasteiger partial charge on any atom is 0.234 e. The molecule has 1 saturated heterocycles. The molecule has 0 spiro atoms. The molecule has 2 N–H and O–H groups in total. The van der Waals surface area contributed by atoms with Crippen LogP contribution in [0.15, 0.2) is 18.2 Å². The molecule has 1 aliphatic heterocycles. The molecular weight excluding hydrogens is 240 g/mol. The van der Waals surface area contributed by atoms with Crippen molar-refractivity contribution in [2.45, 2.75) is 32.7 Å². The molecule has 19 heavy (non-hydrogen) atoms. The molecule has 0 saturated carbocycles. The van der Waals surface area contributed by atoms with E-state index < -0.39 is 0 Å². The molecule has 1 aliphatic rings. The third-order valence-electron chi connectivity index (χ3n) is 3.87. The van der Waals surface area contributed by atoms with Gasteiger partial charge in [0.05, 0.1) is 12.6 Å². The highest BCUT2D eigenvalue weighted by Crippen LogP contribution is 2.18. The summed E-state index contributed by atoms with van der Waals surface area (Å²) in [5.74, 6) is -0.276. The van der Waals surface area contributed by atoms with Crippen LogP contribution in [-0.4, -0.2) is 35.7 Å². The number of nitrogens with zero attached hydrogens (tertiary/aromatic N) is 1. The highest BCUT2D eigenvalue weighted by Gasteiger charge is 2.30. The second-order valence-electron chi connectivity index (χ2n) is 5.25. The van der Waals surface area contributed by atoms with Crippen molar-refractivity contribution in [3.63, 3.8) is 0 Å². The third-order valence-corrected chi connectivity index (χ3v) is 3.87. The quantitative estimate of drug-likeness (QED) is 0.833. The van der Waals surface area contributed by atoms with Crippen LogP contribution in [-0.2, 0) is 4.79 Å². The highest BCUT2D eigenvalue weighted by molar-refractivity contribution is 5.98. The number of amides is 1. The summed E-state index contributed by atoms with van der Waals surface area (Å²) in [7, 11) is 0. The number of aryl methyl sites for hydroxylation is 2. The number of likely N-dealkylation sites (tertiary alicyclic amines) is 1. The monoisotopic (exact) mass is 260 g/mol. The van der Waals surface area contributed by atoms with Crippen LogP contribution in [0, 0.1) is 13.8 Å². The average Bonchev–Trinajstić information content (AvgIpc) is 2.80. The molecule has 2 rings (SSSR count). The minimum absolute atomic E-state index is 0.0521. The molecule has 1 heterocycles. The lowest BCUT2D eigenvalue weighted by Crippen LogP contribution is -2.42. The van der Waals surface area contributed by atoms with Crippen molar-refractivity contribution in [1.82, 2.24) is 4.90 Å². The normalized spacial score (nSPS) is 19.6.